The molecule has 1 heterocycles. The molecule has 0 saturated carbocycles. The van der Waals surface area contributed by atoms with Crippen LogP contribution in [0.2, 0.25) is 0 Å². The summed E-state index contributed by atoms with van der Waals surface area (Å²) in [6.45, 7) is 6.59. The molecule has 0 aliphatic heterocycles. The molecule has 0 aliphatic rings. The lowest BCUT2D eigenvalue weighted by Crippen LogP contribution is -2.00. The van der Waals surface area contributed by atoms with Crippen LogP contribution >= 0.6 is 23.7 Å². The van der Waals surface area contributed by atoms with Gasteiger partial charge in [0.15, 0.2) is 10.9 Å². The molecule has 1 aromatic rings. The Kier molecular flexibility index (Phi) is 7.34. The van der Waals surface area contributed by atoms with Crippen LogP contribution in [0, 0.1) is 6.92 Å². The summed E-state index contributed by atoms with van der Waals surface area (Å²) in [6.07, 6.45) is 3.61. The number of nitrogens with zero attached hydrogens (tertiary/aromatic N) is 1. The van der Waals surface area contributed by atoms with Crippen molar-refractivity contribution in [2.75, 3.05) is 11.9 Å². The van der Waals surface area contributed by atoms with Crippen LogP contribution in [0.1, 0.15) is 48.5 Å². The molecule has 0 saturated heterocycles. The zero-order chi connectivity index (χ0) is 11.3. The van der Waals surface area contributed by atoms with Gasteiger partial charge in [0.1, 0.15) is 0 Å². The molecule has 5 heteroatoms. The summed E-state index contributed by atoms with van der Waals surface area (Å²) in [4.78, 5) is 16.3. The van der Waals surface area contributed by atoms with Gasteiger partial charge in [-0.3, -0.25) is 4.79 Å². The largest absolute Gasteiger partial charge is 0.361 e. The molecule has 0 aromatic carbocycles. The first-order valence-corrected chi connectivity index (χ1v) is 6.19. The topological polar surface area (TPSA) is 42.0 Å². The van der Waals surface area contributed by atoms with E-state index >= 15 is 0 Å². The Labute approximate surface area is 107 Å². The number of nitrogens with one attached hydrogen (secondary N) is 1. The van der Waals surface area contributed by atoms with Gasteiger partial charge in [-0.25, -0.2) is 4.98 Å². The van der Waals surface area contributed by atoms with Gasteiger partial charge in [-0.1, -0.05) is 31.1 Å². The van der Waals surface area contributed by atoms with Gasteiger partial charge < -0.3 is 5.32 Å². The van der Waals surface area contributed by atoms with E-state index in [1.165, 1.54) is 24.2 Å². The maximum absolute atomic E-state index is 11.2. The van der Waals surface area contributed by atoms with E-state index in [1.807, 2.05) is 6.92 Å². The number of ketones is 1. The average molecular weight is 263 g/mol. The van der Waals surface area contributed by atoms with Crippen LogP contribution in [0.5, 0.6) is 0 Å². The molecule has 0 fully saturated rings. The lowest BCUT2D eigenvalue weighted by atomic mass is 10.2. The molecular weight excluding hydrogens is 244 g/mol. The van der Waals surface area contributed by atoms with Crippen LogP contribution < -0.4 is 5.32 Å². The van der Waals surface area contributed by atoms with Gasteiger partial charge in [-0.05, 0) is 13.3 Å². The predicted octanol–water partition coefficient (Wildman–Crippen LogP) is 3.68. The van der Waals surface area contributed by atoms with Crippen molar-refractivity contribution in [1.82, 2.24) is 4.98 Å². The molecule has 0 aliphatic carbocycles. The molecule has 1 N–H and O–H groups in total. The first-order chi connectivity index (χ1) is 7.15. The lowest BCUT2D eigenvalue weighted by molar-refractivity contribution is 0.102. The molecule has 16 heavy (non-hydrogen) atoms. The molecule has 0 radical (unpaired) electrons. The maximum Gasteiger partial charge on any atom is 0.183 e. The predicted molar refractivity (Wildman–Crippen MR) is 72.1 cm³/mol. The number of halogens is 1. The van der Waals surface area contributed by atoms with E-state index < -0.39 is 0 Å². The Morgan fingerprint density at radius 1 is 1.44 bits per heavy atom. The van der Waals surface area contributed by atoms with Crippen LogP contribution in [0.25, 0.3) is 0 Å². The van der Waals surface area contributed by atoms with Gasteiger partial charge >= 0.3 is 0 Å². The van der Waals surface area contributed by atoms with Crippen LogP contribution in [-0.4, -0.2) is 17.3 Å². The van der Waals surface area contributed by atoms with E-state index in [9.17, 15) is 4.79 Å². The van der Waals surface area contributed by atoms with E-state index in [1.54, 1.807) is 6.92 Å². The number of carbonyl (C=O) groups excluding carboxylic acids is 1. The summed E-state index contributed by atoms with van der Waals surface area (Å²) in [5.74, 6) is 0.103. The number of aromatic nitrogens is 1. The second kappa shape index (κ2) is 7.63. The van der Waals surface area contributed by atoms with Gasteiger partial charge in [0, 0.05) is 13.5 Å². The van der Waals surface area contributed by atoms with Gasteiger partial charge in [0.25, 0.3) is 0 Å². The minimum absolute atomic E-state index is 0. The van der Waals surface area contributed by atoms with Crippen LogP contribution in [0.3, 0.4) is 0 Å². The summed E-state index contributed by atoms with van der Waals surface area (Å²) < 4.78 is 0. The first kappa shape index (κ1) is 15.4. The Bertz CT molecular complexity index is 339. The van der Waals surface area contributed by atoms with Gasteiger partial charge in [0.05, 0.1) is 10.6 Å². The maximum atomic E-state index is 11.2. The van der Waals surface area contributed by atoms with Crippen molar-refractivity contribution in [1.29, 1.82) is 0 Å². The number of aryl methyl sites for hydroxylation is 1. The van der Waals surface area contributed by atoms with E-state index in [0.717, 1.165) is 28.7 Å². The highest BCUT2D eigenvalue weighted by Crippen LogP contribution is 2.22. The third kappa shape index (κ3) is 4.49. The summed E-state index contributed by atoms with van der Waals surface area (Å²) >= 11 is 1.45. The normalized spacial score (nSPS) is 9.69. The molecule has 0 atom stereocenters. The van der Waals surface area contributed by atoms with E-state index in [0.29, 0.717) is 0 Å². The Morgan fingerprint density at radius 3 is 2.62 bits per heavy atom. The average Bonchev–Trinajstić information content (AvgIpc) is 2.55. The monoisotopic (exact) mass is 262 g/mol. The third-order valence-electron chi connectivity index (χ3n) is 2.17. The number of anilines is 1. The Morgan fingerprint density at radius 2 is 2.12 bits per heavy atom. The summed E-state index contributed by atoms with van der Waals surface area (Å²) in [7, 11) is 0. The summed E-state index contributed by atoms with van der Waals surface area (Å²) in [5, 5.41) is 4.12. The first-order valence-electron chi connectivity index (χ1n) is 5.37. The van der Waals surface area contributed by atoms with Crippen molar-refractivity contribution < 1.29 is 4.79 Å². The highest BCUT2D eigenvalue weighted by Gasteiger charge is 2.10. The second-order valence-corrected chi connectivity index (χ2v) is 4.62. The van der Waals surface area contributed by atoms with Gasteiger partial charge in [-0.15, -0.1) is 12.4 Å². The fourth-order valence-electron chi connectivity index (χ4n) is 1.37. The van der Waals surface area contributed by atoms with Crippen molar-refractivity contribution >= 4 is 34.7 Å². The minimum atomic E-state index is 0. The number of rotatable bonds is 6. The molecule has 0 unspecified atom stereocenters. The highest BCUT2D eigenvalue weighted by molar-refractivity contribution is 7.17. The number of hydrogen-bond acceptors (Lipinski definition) is 4. The molecule has 1 rings (SSSR count). The van der Waals surface area contributed by atoms with E-state index in [-0.39, 0.29) is 18.2 Å². The van der Waals surface area contributed by atoms with Crippen LogP contribution in [0.4, 0.5) is 5.13 Å². The highest BCUT2D eigenvalue weighted by atomic mass is 35.5. The molecule has 92 valence electrons. The lowest BCUT2D eigenvalue weighted by Gasteiger charge is -1.99. The SMILES string of the molecule is CCCCCNc1nc(C)c(C(C)=O)s1.Cl. The zero-order valence-electron chi connectivity index (χ0n) is 10.0. The van der Waals surface area contributed by atoms with Crippen molar-refractivity contribution in [3.63, 3.8) is 0 Å². The number of hydrogen-bond donors (Lipinski definition) is 1. The molecule has 0 bridgehead atoms. The molecular formula is C11H19ClN2OS. The standard InChI is InChI=1S/C11H18N2OS.ClH/c1-4-5-6-7-12-11-13-8(2)10(15-11)9(3)14;/h4-7H2,1-3H3,(H,12,13);1H. The van der Waals surface area contributed by atoms with E-state index in [2.05, 4.69) is 17.2 Å². The minimum Gasteiger partial charge on any atom is -0.361 e. The fourth-order valence-corrected chi connectivity index (χ4v) is 2.26. The van der Waals surface area contributed by atoms with Gasteiger partial charge in [-0.2, -0.15) is 0 Å². The third-order valence-corrected chi connectivity index (χ3v) is 3.39. The second-order valence-electron chi connectivity index (χ2n) is 3.62. The number of unbranched alkanes of at least 4 members (excludes halogenated alkanes) is 2. The van der Waals surface area contributed by atoms with Crippen molar-refractivity contribution in [2.45, 2.75) is 40.0 Å². The molecule has 1 aromatic heterocycles. The molecule has 0 amide bonds. The fraction of sp³-hybridized carbons (Fsp3) is 0.636. The summed E-state index contributed by atoms with van der Waals surface area (Å²) in [6, 6.07) is 0. The van der Waals surface area contributed by atoms with Crippen LogP contribution in [0.15, 0.2) is 0 Å². The van der Waals surface area contributed by atoms with Gasteiger partial charge in [0.2, 0.25) is 0 Å². The zero-order valence-corrected chi connectivity index (χ0v) is 11.6. The molecule has 3 nitrogen and oxygen atoms in total. The Hall–Kier alpha value is -0.610. The summed E-state index contributed by atoms with van der Waals surface area (Å²) in [5.41, 5.74) is 0.838. The van der Waals surface area contributed by atoms with Crippen LogP contribution in [-0.2, 0) is 0 Å². The van der Waals surface area contributed by atoms with Crippen molar-refractivity contribution in [2.24, 2.45) is 0 Å². The number of thiazole rings is 1. The van der Waals surface area contributed by atoms with E-state index in [4.69, 9.17) is 0 Å². The van der Waals surface area contributed by atoms with Crippen molar-refractivity contribution in [3.8, 4) is 0 Å². The Balaban J connectivity index is 0.00000225. The number of Topliss-reactive ketones (excluding diaryl/α,β-unsaturated/α-hetero) is 1. The quantitative estimate of drug-likeness (QED) is 0.628. The smallest absolute Gasteiger partial charge is 0.183 e. The van der Waals surface area contributed by atoms with Crippen molar-refractivity contribution in [3.05, 3.63) is 10.6 Å². The number of carbonyl (C=O) groups is 1. The molecule has 0 spiro atoms.